The number of hydrogen-bond acceptors (Lipinski definition) is 3. The van der Waals surface area contributed by atoms with Gasteiger partial charge in [0.1, 0.15) is 0 Å². The van der Waals surface area contributed by atoms with E-state index in [1.54, 1.807) is 6.21 Å². The maximum Gasteiger partial charge on any atom is 0.0717 e. The topological polar surface area (TPSA) is 47.6 Å². The molecule has 0 atom stereocenters. The molecule has 1 aromatic carbocycles. The molecule has 1 aliphatic rings. The summed E-state index contributed by atoms with van der Waals surface area (Å²) in [6, 6.07) is 8.14. The molecule has 0 saturated heterocycles. The Labute approximate surface area is 109 Å². The fourth-order valence-electron chi connectivity index (χ4n) is 2.55. The number of hydrazone groups is 1. The normalized spacial score (nSPS) is 17.3. The lowest BCUT2D eigenvalue weighted by Crippen LogP contribution is -2.13. The first-order chi connectivity index (χ1) is 8.88. The maximum atomic E-state index is 5.82. The molecule has 1 fully saturated rings. The van der Waals surface area contributed by atoms with E-state index in [9.17, 15) is 0 Å². The highest BCUT2D eigenvalue weighted by Gasteiger charge is 2.13. The van der Waals surface area contributed by atoms with Gasteiger partial charge in [-0.1, -0.05) is 37.5 Å². The molecule has 98 valence electrons. The number of rotatable bonds is 5. The lowest BCUT2D eigenvalue weighted by Gasteiger charge is -2.21. The average molecular weight is 246 g/mol. The van der Waals surface area contributed by atoms with E-state index in [0.29, 0.717) is 6.61 Å². The van der Waals surface area contributed by atoms with Crippen LogP contribution in [0.3, 0.4) is 0 Å². The Balaban J connectivity index is 1.77. The summed E-state index contributed by atoms with van der Waals surface area (Å²) in [5.41, 5.74) is 2.21. The Morgan fingerprint density at radius 1 is 1.28 bits per heavy atom. The second-order valence-corrected chi connectivity index (χ2v) is 5.04. The van der Waals surface area contributed by atoms with E-state index in [0.717, 1.165) is 18.1 Å². The SMILES string of the molecule is NN=Cc1cccc(COCC2CCCCC2)c1. The summed E-state index contributed by atoms with van der Waals surface area (Å²) in [4.78, 5) is 0. The zero-order valence-corrected chi connectivity index (χ0v) is 10.8. The first-order valence-corrected chi connectivity index (χ1v) is 6.78. The summed E-state index contributed by atoms with van der Waals surface area (Å²) in [5.74, 6) is 5.92. The fourth-order valence-corrected chi connectivity index (χ4v) is 2.55. The Kier molecular flexibility index (Phi) is 5.21. The molecular weight excluding hydrogens is 224 g/mol. The van der Waals surface area contributed by atoms with E-state index in [-0.39, 0.29) is 0 Å². The predicted molar refractivity (Wildman–Crippen MR) is 74.5 cm³/mol. The van der Waals surface area contributed by atoms with Gasteiger partial charge in [0, 0.05) is 6.61 Å². The largest absolute Gasteiger partial charge is 0.376 e. The van der Waals surface area contributed by atoms with Gasteiger partial charge in [-0.05, 0) is 36.0 Å². The van der Waals surface area contributed by atoms with Crippen LogP contribution in [0, 0.1) is 5.92 Å². The summed E-state index contributed by atoms with van der Waals surface area (Å²) in [6.45, 7) is 1.58. The third-order valence-corrected chi connectivity index (χ3v) is 3.52. The minimum Gasteiger partial charge on any atom is -0.376 e. The molecule has 3 heteroatoms. The molecule has 0 bridgehead atoms. The predicted octanol–water partition coefficient (Wildman–Crippen LogP) is 3.08. The van der Waals surface area contributed by atoms with Crippen LogP contribution in [-0.2, 0) is 11.3 Å². The van der Waals surface area contributed by atoms with E-state index in [4.69, 9.17) is 10.6 Å². The lowest BCUT2D eigenvalue weighted by atomic mass is 9.90. The molecule has 0 amide bonds. The van der Waals surface area contributed by atoms with Gasteiger partial charge in [-0.3, -0.25) is 0 Å². The summed E-state index contributed by atoms with van der Waals surface area (Å²) in [6.07, 6.45) is 8.47. The Bertz CT molecular complexity index is 384. The van der Waals surface area contributed by atoms with E-state index in [2.05, 4.69) is 17.2 Å². The van der Waals surface area contributed by atoms with Gasteiger partial charge in [0.25, 0.3) is 0 Å². The van der Waals surface area contributed by atoms with Crippen LogP contribution in [0.15, 0.2) is 29.4 Å². The second kappa shape index (κ2) is 7.17. The lowest BCUT2D eigenvalue weighted by molar-refractivity contribution is 0.0739. The molecule has 1 aliphatic carbocycles. The van der Waals surface area contributed by atoms with Crippen LogP contribution < -0.4 is 5.84 Å². The van der Waals surface area contributed by atoms with Crippen molar-refractivity contribution >= 4 is 6.21 Å². The van der Waals surface area contributed by atoms with Crippen molar-refractivity contribution < 1.29 is 4.74 Å². The fraction of sp³-hybridized carbons (Fsp3) is 0.533. The van der Waals surface area contributed by atoms with Gasteiger partial charge in [0.05, 0.1) is 12.8 Å². The molecule has 2 N–H and O–H groups in total. The number of nitrogens with zero attached hydrogens (tertiary/aromatic N) is 1. The first-order valence-electron chi connectivity index (χ1n) is 6.78. The van der Waals surface area contributed by atoms with Crippen molar-refractivity contribution in [3.8, 4) is 0 Å². The standard InChI is InChI=1S/C15H22N2O/c16-17-10-14-7-4-8-15(9-14)12-18-11-13-5-2-1-3-6-13/h4,7-10,13H,1-3,5-6,11-12,16H2. The van der Waals surface area contributed by atoms with Crippen LogP contribution >= 0.6 is 0 Å². The quantitative estimate of drug-likeness (QED) is 0.493. The summed E-state index contributed by atoms with van der Waals surface area (Å²) < 4.78 is 5.82. The molecule has 0 unspecified atom stereocenters. The molecule has 18 heavy (non-hydrogen) atoms. The summed E-state index contributed by atoms with van der Waals surface area (Å²) in [7, 11) is 0. The number of ether oxygens (including phenoxy) is 1. The monoisotopic (exact) mass is 246 g/mol. The van der Waals surface area contributed by atoms with Crippen LogP contribution in [0.25, 0.3) is 0 Å². The molecule has 0 heterocycles. The van der Waals surface area contributed by atoms with E-state index < -0.39 is 0 Å². The molecule has 0 aliphatic heterocycles. The molecule has 0 radical (unpaired) electrons. The van der Waals surface area contributed by atoms with E-state index >= 15 is 0 Å². The highest BCUT2D eigenvalue weighted by atomic mass is 16.5. The molecule has 1 saturated carbocycles. The van der Waals surface area contributed by atoms with Gasteiger partial charge in [0.2, 0.25) is 0 Å². The van der Waals surface area contributed by atoms with Crippen molar-refractivity contribution in [1.82, 2.24) is 0 Å². The molecule has 3 nitrogen and oxygen atoms in total. The van der Waals surface area contributed by atoms with Crippen molar-refractivity contribution in [2.45, 2.75) is 38.7 Å². The van der Waals surface area contributed by atoms with Crippen LogP contribution in [-0.4, -0.2) is 12.8 Å². The van der Waals surface area contributed by atoms with Crippen molar-refractivity contribution in [1.29, 1.82) is 0 Å². The third-order valence-electron chi connectivity index (χ3n) is 3.52. The van der Waals surface area contributed by atoms with Crippen molar-refractivity contribution in [2.24, 2.45) is 16.9 Å². The molecule has 0 aromatic heterocycles. The first kappa shape index (κ1) is 13.1. The van der Waals surface area contributed by atoms with Crippen LogP contribution in [0.2, 0.25) is 0 Å². The number of nitrogens with two attached hydrogens (primary N) is 1. The van der Waals surface area contributed by atoms with Gasteiger partial charge < -0.3 is 10.6 Å². The minimum atomic E-state index is 0.683. The summed E-state index contributed by atoms with van der Waals surface area (Å²) in [5, 5.41) is 3.53. The van der Waals surface area contributed by atoms with E-state index in [1.807, 2.05) is 12.1 Å². The zero-order valence-electron chi connectivity index (χ0n) is 10.8. The zero-order chi connectivity index (χ0) is 12.6. The Morgan fingerprint density at radius 2 is 2.11 bits per heavy atom. The van der Waals surface area contributed by atoms with E-state index in [1.165, 1.54) is 37.7 Å². The maximum absolute atomic E-state index is 5.82. The third kappa shape index (κ3) is 4.15. The average Bonchev–Trinajstić information content (AvgIpc) is 2.41. The second-order valence-electron chi connectivity index (χ2n) is 5.04. The van der Waals surface area contributed by atoms with Crippen molar-refractivity contribution in [3.05, 3.63) is 35.4 Å². The summed E-state index contributed by atoms with van der Waals surface area (Å²) >= 11 is 0. The van der Waals surface area contributed by atoms with Gasteiger partial charge in [0.15, 0.2) is 0 Å². The highest BCUT2D eigenvalue weighted by Crippen LogP contribution is 2.23. The smallest absolute Gasteiger partial charge is 0.0717 e. The van der Waals surface area contributed by atoms with Crippen LogP contribution in [0.5, 0.6) is 0 Å². The molecule has 1 aromatic rings. The highest BCUT2D eigenvalue weighted by molar-refractivity contribution is 5.79. The van der Waals surface area contributed by atoms with Gasteiger partial charge in [-0.15, -0.1) is 0 Å². The number of benzene rings is 1. The van der Waals surface area contributed by atoms with Gasteiger partial charge in [-0.25, -0.2) is 0 Å². The number of hydrogen-bond donors (Lipinski definition) is 1. The minimum absolute atomic E-state index is 0.683. The molecule has 0 spiro atoms. The Morgan fingerprint density at radius 3 is 2.89 bits per heavy atom. The molecular formula is C15H22N2O. The van der Waals surface area contributed by atoms with Crippen LogP contribution in [0.1, 0.15) is 43.2 Å². The Hall–Kier alpha value is -1.35. The van der Waals surface area contributed by atoms with Gasteiger partial charge >= 0.3 is 0 Å². The van der Waals surface area contributed by atoms with Gasteiger partial charge in [-0.2, -0.15) is 5.10 Å². The van der Waals surface area contributed by atoms with Crippen molar-refractivity contribution in [2.75, 3.05) is 6.61 Å². The molecule has 2 rings (SSSR count). The van der Waals surface area contributed by atoms with Crippen LogP contribution in [0.4, 0.5) is 0 Å². The van der Waals surface area contributed by atoms with Crippen molar-refractivity contribution in [3.63, 3.8) is 0 Å².